The smallest absolute Gasteiger partial charge is 0.220 e. The minimum absolute atomic E-state index is 0.0647. The summed E-state index contributed by atoms with van der Waals surface area (Å²) < 4.78 is 1.06. The van der Waals surface area contributed by atoms with Gasteiger partial charge >= 0.3 is 0 Å². The van der Waals surface area contributed by atoms with Crippen LogP contribution in [0.25, 0.3) is 0 Å². The van der Waals surface area contributed by atoms with Crippen LogP contribution in [-0.4, -0.2) is 18.5 Å². The van der Waals surface area contributed by atoms with Crippen LogP contribution in [0.1, 0.15) is 50.6 Å². The number of benzene rings is 1. The summed E-state index contributed by atoms with van der Waals surface area (Å²) >= 11 is 3.42. The number of rotatable bonds is 5. The largest absolute Gasteiger partial charge is 0.350 e. The lowest BCUT2D eigenvalue weighted by atomic mass is 10.0. The summed E-state index contributed by atoms with van der Waals surface area (Å²) in [6.07, 6.45) is 5.31. The van der Waals surface area contributed by atoms with Gasteiger partial charge in [0.05, 0.1) is 6.04 Å². The zero-order valence-corrected chi connectivity index (χ0v) is 13.6. The maximum atomic E-state index is 12.0. The molecule has 1 aromatic rings. The molecule has 110 valence electrons. The zero-order valence-electron chi connectivity index (χ0n) is 12.0. The maximum absolute atomic E-state index is 12.0. The van der Waals surface area contributed by atoms with Gasteiger partial charge in [0.2, 0.25) is 5.91 Å². The molecule has 1 fully saturated rings. The van der Waals surface area contributed by atoms with Gasteiger partial charge in [-0.3, -0.25) is 4.79 Å². The second-order valence-electron chi connectivity index (χ2n) is 5.53. The van der Waals surface area contributed by atoms with E-state index in [0.717, 1.165) is 23.0 Å². The second kappa shape index (κ2) is 7.79. The fraction of sp³-hybridized carbons (Fsp3) is 0.562. The van der Waals surface area contributed by atoms with Crippen LogP contribution in [-0.2, 0) is 4.79 Å². The van der Waals surface area contributed by atoms with E-state index in [-0.39, 0.29) is 11.9 Å². The molecule has 0 saturated carbocycles. The zero-order chi connectivity index (χ0) is 14.4. The Labute approximate surface area is 129 Å². The second-order valence-corrected chi connectivity index (χ2v) is 6.44. The highest BCUT2D eigenvalue weighted by Gasteiger charge is 2.15. The maximum Gasteiger partial charge on any atom is 0.220 e. The number of hydrogen-bond acceptors (Lipinski definition) is 2. The molecule has 1 aliphatic rings. The molecule has 0 spiro atoms. The van der Waals surface area contributed by atoms with Crippen molar-refractivity contribution in [2.24, 2.45) is 0 Å². The summed E-state index contributed by atoms with van der Waals surface area (Å²) in [4.78, 5) is 12.0. The average molecular weight is 339 g/mol. The van der Waals surface area contributed by atoms with E-state index >= 15 is 0 Å². The molecule has 1 saturated heterocycles. The summed E-state index contributed by atoms with van der Waals surface area (Å²) in [5, 5.41) is 6.55. The molecule has 20 heavy (non-hydrogen) atoms. The first-order valence-corrected chi connectivity index (χ1v) is 8.22. The molecular formula is C16H23BrN2O. The van der Waals surface area contributed by atoms with E-state index in [1.54, 1.807) is 0 Å². The molecule has 3 nitrogen and oxygen atoms in total. The Morgan fingerprint density at radius 2 is 2.15 bits per heavy atom. The van der Waals surface area contributed by atoms with Crippen LogP contribution in [0.2, 0.25) is 0 Å². The summed E-state index contributed by atoms with van der Waals surface area (Å²) in [5.74, 6) is 0.146. The van der Waals surface area contributed by atoms with Crippen molar-refractivity contribution >= 4 is 21.8 Å². The fourth-order valence-corrected chi connectivity index (χ4v) is 2.89. The number of hydrogen-bond donors (Lipinski definition) is 2. The van der Waals surface area contributed by atoms with Crippen molar-refractivity contribution in [1.82, 2.24) is 10.6 Å². The van der Waals surface area contributed by atoms with Crippen molar-refractivity contribution in [3.63, 3.8) is 0 Å². The summed E-state index contributed by atoms with van der Waals surface area (Å²) in [6, 6.07) is 8.68. The normalized spacial score (nSPS) is 20.4. The number of carbonyl (C=O) groups excluding carboxylic acids is 1. The minimum Gasteiger partial charge on any atom is -0.350 e. The van der Waals surface area contributed by atoms with Gasteiger partial charge in [0.15, 0.2) is 0 Å². The third-order valence-corrected chi connectivity index (χ3v) is 4.41. The van der Waals surface area contributed by atoms with Crippen molar-refractivity contribution in [2.75, 3.05) is 6.54 Å². The van der Waals surface area contributed by atoms with E-state index in [0.29, 0.717) is 12.5 Å². The van der Waals surface area contributed by atoms with Crippen LogP contribution < -0.4 is 10.6 Å². The summed E-state index contributed by atoms with van der Waals surface area (Å²) in [7, 11) is 0. The van der Waals surface area contributed by atoms with Gasteiger partial charge in [0, 0.05) is 16.9 Å². The number of piperidine rings is 1. The van der Waals surface area contributed by atoms with Crippen LogP contribution >= 0.6 is 15.9 Å². The molecule has 2 N–H and O–H groups in total. The van der Waals surface area contributed by atoms with Gasteiger partial charge in [-0.2, -0.15) is 0 Å². The predicted molar refractivity (Wildman–Crippen MR) is 85.6 cm³/mol. The van der Waals surface area contributed by atoms with Gasteiger partial charge < -0.3 is 10.6 Å². The van der Waals surface area contributed by atoms with Crippen molar-refractivity contribution in [1.29, 1.82) is 0 Å². The lowest BCUT2D eigenvalue weighted by Gasteiger charge is -2.23. The van der Waals surface area contributed by atoms with Crippen LogP contribution in [0.5, 0.6) is 0 Å². The first-order chi connectivity index (χ1) is 9.65. The first-order valence-electron chi connectivity index (χ1n) is 7.43. The number of nitrogens with one attached hydrogen (secondary N) is 2. The van der Waals surface area contributed by atoms with Crippen molar-refractivity contribution in [3.05, 3.63) is 34.3 Å². The van der Waals surface area contributed by atoms with Gasteiger partial charge in [0.25, 0.3) is 0 Å². The lowest BCUT2D eigenvalue weighted by Crippen LogP contribution is -2.35. The number of halogens is 1. The topological polar surface area (TPSA) is 41.1 Å². The minimum atomic E-state index is 0.0647. The molecule has 1 aliphatic heterocycles. The Balaban J connectivity index is 1.74. The molecule has 2 atom stereocenters. The Hall–Kier alpha value is -0.870. The average Bonchev–Trinajstić information content (AvgIpc) is 2.47. The Kier molecular flexibility index (Phi) is 6.05. The van der Waals surface area contributed by atoms with Gasteiger partial charge in [0.1, 0.15) is 0 Å². The molecule has 4 heteroatoms. The molecule has 0 radical (unpaired) electrons. The molecule has 1 heterocycles. The van der Waals surface area contributed by atoms with Crippen LogP contribution in [0.3, 0.4) is 0 Å². The van der Waals surface area contributed by atoms with E-state index in [2.05, 4.69) is 26.6 Å². The van der Waals surface area contributed by atoms with Crippen molar-refractivity contribution < 1.29 is 4.79 Å². The SMILES string of the molecule is C[C@H](NC(=O)CCC1CCCCN1)c1ccc(Br)cc1. The third-order valence-electron chi connectivity index (χ3n) is 3.88. The van der Waals surface area contributed by atoms with Gasteiger partial charge in [-0.15, -0.1) is 0 Å². The lowest BCUT2D eigenvalue weighted by molar-refractivity contribution is -0.122. The highest BCUT2D eigenvalue weighted by atomic mass is 79.9. The van der Waals surface area contributed by atoms with Gasteiger partial charge in [-0.25, -0.2) is 0 Å². The quantitative estimate of drug-likeness (QED) is 0.861. The standard InChI is InChI=1S/C16H23BrN2O/c1-12(13-5-7-14(17)8-6-13)19-16(20)10-9-15-4-2-3-11-18-15/h5-8,12,15,18H,2-4,9-11H2,1H3,(H,19,20)/t12-,15?/m0/s1. The Morgan fingerprint density at radius 1 is 1.40 bits per heavy atom. The highest BCUT2D eigenvalue weighted by molar-refractivity contribution is 9.10. The molecule has 2 rings (SSSR count). The molecule has 1 aromatic carbocycles. The van der Waals surface area contributed by atoms with Crippen LogP contribution in [0, 0.1) is 0 Å². The molecule has 1 amide bonds. The van der Waals surface area contributed by atoms with Crippen molar-refractivity contribution in [2.45, 2.75) is 51.1 Å². The Morgan fingerprint density at radius 3 is 2.80 bits per heavy atom. The molecule has 0 aliphatic carbocycles. The van der Waals surface area contributed by atoms with Crippen molar-refractivity contribution in [3.8, 4) is 0 Å². The molecule has 1 unspecified atom stereocenters. The van der Waals surface area contributed by atoms with Crippen LogP contribution in [0.15, 0.2) is 28.7 Å². The van der Waals surface area contributed by atoms with E-state index in [9.17, 15) is 4.79 Å². The highest BCUT2D eigenvalue weighted by Crippen LogP contribution is 2.17. The van der Waals surface area contributed by atoms with Gasteiger partial charge in [-0.05, 0) is 50.4 Å². The third kappa shape index (κ3) is 4.91. The van der Waals surface area contributed by atoms with Crippen LogP contribution in [0.4, 0.5) is 0 Å². The Bertz CT molecular complexity index is 427. The van der Waals surface area contributed by atoms with E-state index in [1.165, 1.54) is 19.3 Å². The molecular weight excluding hydrogens is 316 g/mol. The van der Waals surface area contributed by atoms with Gasteiger partial charge in [-0.1, -0.05) is 34.5 Å². The number of carbonyl (C=O) groups is 1. The first kappa shape index (κ1) is 15.5. The predicted octanol–water partition coefficient (Wildman–Crippen LogP) is 3.55. The van der Waals surface area contributed by atoms with E-state index in [1.807, 2.05) is 31.2 Å². The monoisotopic (exact) mass is 338 g/mol. The van der Waals surface area contributed by atoms with E-state index < -0.39 is 0 Å². The fourth-order valence-electron chi connectivity index (χ4n) is 2.62. The number of amides is 1. The summed E-state index contributed by atoms with van der Waals surface area (Å²) in [5.41, 5.74) is 1.14. The summed E-state index contributed by atoms with van der Waals surface area (Å²) in [6.45, 7) is 3.13. The van der Waals surface area contributed by atoms with E-state index in [4.69, 9.17) is 0 Å². The molecule has 0 bridgehead atoms. The molecule has 0 aromatic heterocycles.